The zero-order chi connectivity index (χ0) is 24.6. The molecule has 0 aliphatic carbocycles. The van der Waals surface area contributed by atoms with Gasteiger partial charge >= 0.3 is 0 Å². The highest BCUT2D eigenvalue weighted by Crippen LogP contribution is 2.31. The van der Waals surface area contributed by atoms with Gasteiger partial charge in [0.15, 0.2) is 0 Å². The Balaban J connectivity index is 1.34. The SMILES string of the molecule is Cc1ccc(C2COCC(Cc3ncnc(OCc4ccccc4)c3OCc3ccccc3)N2)cc1. The zero-order valence-electron chi connectivity index (χ0n) is 20.5. The number of aromatic nitrogens is 2. The maximum absolute atomic E-state index is 6.29. The number of hydrogen-bond acceptors (Lipinski definition) is 6. The molecular weight excluding hydrogens is 450 g/mol. The number of nitrogens with zero attached hydrogens (tertiary/aromatic N) is 2. The smallest absolute Gasteiger partial charge is 0.260 e. The molecule has 6 heteroatoms. The van der Waals surface area contributed by atoms with Gasteiger partial charge in [0.25, 0.3) is 5.88 Å². The molecule has 0 radical (unpaired) electrons. The van der Waals surface area contributed by atoms with Crippen molar-refractivity contribution >= 4 is 0 Å². The van der Waals surface area contributed by atoms with E-state index in [1.54, 1.807) is 6.33 Å². The third-order valence-corrected chi connectivity index (χ3v) is 6.25. The van der Waals surface area contributed by atoms with Crippen LogP contribution in [0.5, 0.6) is 11.6 Å². The van der Waals surface area contributed by atoms with Crippen LogP contribution >= 0.6 is 0 Å². The number of ether oxygens (including phenoxy) is 3. The Labute approximate surface area is 212 Å². The highest BCUT2D eigenvalue weighted by Gasteiger charge is 2.26. The standard InChI is InChI=1S/C30H31N3O3/c1-22-12-14-25(15-13-22)28-20-34-19-26(33-28)16-27-29(35-17-23-8-4-2-5-9-23)30(32-21-31-27)36-18-24-10-6-3-7-11-24/h2-15,21,26,28,33H,16-20H2,1H3. The van der Waals surface area contributed by atoms with Crippen LogP contribution in [-0.2, 0) is 24.4 Å². The average molecular weight is 482 g/mol. The summed E-state index contributed by atoms with van der Waals surface area (Å²) in [6, 6.07) is 28.9. The Morgan fingerprint density at radius 1 is 0.806 bits per heavy atom. The van der Waals surface area contributed by atoms with E-state index in [4.69, 9.17) is 14.2 Å². The van der Waals surface area contributed by atoms with Gasteiger partial charge < -0.3 is 19.5 Å². The van der Waals surface area contributed by atoms with Gasteiger partial charge in [0.1, 0.15) is 19.5 Å². The fourth-order valence-electron chi connectivity index (χ4n) is 4.29. The van der Waals surface area contributed by atoms with Crippen LogP contribution < -0.4 is 14.8 Å². The lowest BCUT2D eigenvalue weighted by Crippen LogP contribution is -2.45. The maximum Gasteiger partial charge on any atom is 0.260 e. The molecule has 0 spiro atoms. The summed E-state index contributed by atoms with van der Waals surface area (Å²) >= 11 is 0. The Hall–Kier alpha value is -3.74. The Morgan fingerprint density at radius 3 is 2.17 bits per heavy atom. The topological polar surface area (TPSA) is 65.5 Å². The summed E-state index contributed by atoms with van der Waals surface area (Å²) in [7, 11) is 0. The molecule has 0 bridgehead atoms. The summed E-state index contributed by atoms with van der Waals surface area (Å²) in [5, 5.41) is 3.73. The van der Waals surface area contributed by atoms with E-state index in [0.29, 0.717) is 44.5 Å². The molecule has 184 valence electrons. The molecule has 3 aromatic carbocycles. The molecule has 1 saturated heterocycles. The first-order chi connectivity index (χ1) is 17.7. The predicted molar refractivity (Wildman–Crippen MR) is 139 cm³/mol. The van der Waals surface area contributed by atoms with Crippen LogP contribution in [0.25, 0.3) is 0 Å². The van der Waals surface area contributed by atoms with E-state index < -0.39 is 0 Å². The first-order valence-electron chi connectivity index (χ1n) is 12.3. The van der Waals surface area contributed by atoms with Crippen molar-refractivity contribution in [2.24, 2.45) is 0 Å². The van der Waals surface area contributed by atoms with Gasteiger partial charge in [-0.2, -0.15) is 4.98 Å². The zero-order valence-corrected chi connectivity index (χ0v) is 20.5. The molecule has 6 nitrogen and oxygen atoms in total. The first-order valence-corrected chi connectivity index (χ1v) is 12.3. The summed E-state index contributed by atoms with van der Waals surface area (Å²) < 4.78 is 18.4. The van der Waals surface area contributed by atoms with Crippen LogP contribution in [0.15, 0.2) is 91.3 Å². The lowest BCUT2D eigenvalue weighted by molar-refractivity contribution is 0.0447. The number of hydrogen-bond donors (Lipinski definition) is 1. The van der Waals surface area contributed by atoms with Gasteiger partial charge in [0.05, 0.1) is 24.9 Å². The van der Waals surface area contributed by atoms with Gasteiger partial charge in [0, 0.05) is 12.5 Å². The van der Waals surface area contributed by atoms with Crippen LogP contribution in [0.2, 0.25) is 0 Å². The second-order valence-electron chi connectivity index (χ2n) is 9.07. The van der Waals surface area contributed by atoms with Gasteiger partial charge in [-0.25, -0.2) is 4.98 Å². The first kappa shape index (κ1) is 24.0. The highest BCUT2D eigenvalue weighted by molar-refractivity contribution is 5.38. The van der Waals surface area contributed by atoms with E-state index in [1.165, 1.54) is 11.1 Å². The number of aryl methyl sites for hydroxylation is 1. The Bertz CT molecular complexity index is 1230. The lowest BCUT2D eigenvalue weighted by Gasteiger charge is -2.31. The van der Waals surface area contributed by atoms with E-state index in [0.717, 1.165) is 16.8 Å². The van der Waals surface area contributed by atoms with Crippen molar-refractivity contribution in [1.29, 1.82) is 0 Å². The van der Waals surface area contributed by atoms with E-state index in [1.807, 2.05) is 60.7 Å². The molecule has 2 unspecified atom stereocenters. The van der Waals surface area contributed by atoms with Crippen LogP contribution in [0, 0.1) is 6.92 Å². The van der Waals surface area contributed by atoms with Crippen molar-refractivity contribution in [3.8, 4) is 11.6 Å². The monoisotopic (exact) mass is 481 g/mol. The summed E-state index contributed by atoms with van der Waals surface area (Å²) in [5.74, 6) is 1.03. The minimum absolute atomic E-state index is 0.0843. The van der Waals surface area contributed by atoms with Crippen molar-refractivity contribution in [1.82, 2.24) is 15.3 Å². The molecule has 0 amide bonds. The van der Waals surface area contributed by atoms with Crippen LogP contribution in [0.1, 0.15) is 34.0 Å². The normalized spacial score (nSPS) is 17.5. The maximum atomic E-state index is 6.29. The van der Waals surface area contributed by atoms with Crippen molar-refractivity contribution in [2.45, 2.75) is 38.6 Å². The molecule has 1 aliphatic rings. The highest BCUT2D eigenvalue weighted by atomic mass is 16.5. The molecule has 2 heterocycles. The molecule has 1 aromatic heterocycles. The molecular formula is C30H31N3O3. The Kier molecular flexibility index (Phi) is 7.86. The molecule has 4 aromatic rings. The van der Waals surface area contributed by atoms with Crippen molar-refractivity contribution < 1.29 is 14.2 Å². The minimum atomic E-state index is 0.0843. The Morgan fingerprint density at radius 2 is 1.47 bits per heavy atom. The largest absolute Gasteiger partial charge is 0.482 e. The van der Waals surface area contributed by atoms with Crippen LogP contribution in [-0.4, -0.2) is 29.2 Å². The lowest BCUT2D eigenvalue weighted by atomic mass is 10.0. The van der Waals surface area contributed by atoms with Gasteiger partial charge in [0.2, 0.25) is 5.75 Å². The second-order valence-corrected chi connectivity index (χ2v) is 9.07. The predicted octanol–water partition coefficient (Wildman–Crippen LogP) is 5.22. The fraction of sp³-hybridized carbons (Fsp3) is 0.267. The van der Waals surface area contributed by atoms with Crippen LogP contribution in [0.3, 0.4) is 0 Å². The quantitative estimate of drug-likeness (QED) is 0.354. The van der Waals surface area contributed by atoms with E-state index >= 15 is 0 Å². The van der Waals surface area contributed by atoms with Gasteiger partial charge in [-0.15, -0.1) is 0 Å². The van der Waals surface area contributed by atoms with Gasteiger partial charge in [-0.1, -0.05) is 90.5 Å². The summed E-state index contributed by atoms with van der Waals surface area (Å²) in [6.45, 7) is 4.15. The van der Waals surface area contributed by atoms with E-state index in [2.05, 4.69) is 46.5 Å². The van der Waals surface area contributed by atoms with Crippen molar-refractivity contribution in [3.05, 3.63) is 119 Å². The van der Waals surface area contributed by atoms with Crippen LogP contribution in [0.4, 0.5) is 0 Å². The fourth-order valence-corrected chi connectivity index (χ4v) is 4.29. The molecule has 1 aliphatic heterocycles. The minimum Gasteiger partial charge on any atom is -0.482 e. The van der Waals surface area contributed by atoms with E-state index in [-0.39, 0.29) is 12.1 Å². The van der Waals surface area contributed by atoms with Gasteiger partial charge in [-0.05, 0) is 23.6 Å². The molecule has 2 atom stereocenters. The number of rotatable bonds is 9. The molecule has 36 heavy (non-hydrogen) atoms. The summed E-state index contributed by atoms with van der Waals surface area (Å²) in [5.41, 5.74) is 5.40. The van der Waals surface area contributed by atoms with E-state index in [9.17, 15) is 0 Å². The molecule has 0 saturated carbocycles. The summed E-state index contributed by atoms with van der Waals surface area (Å²) in [6.07, 6.45) is 2.18. The summed E-state index contributed by atoms with van der Waals surface area (Å²) in [4.78, 5) is 9.02. The number of benzene rings is 3. The third-order valence-electron chi connectivity index (χ3n) is 6.25. The van der Waals surface area contributed by atoms with Crippen molar-refractivity contribution in [3.63, 3.8) is 0 Å². The third kappa shape index (κ3) is 6.27. The average Bonchev–Trinajstić information content (AvgIpc) is 2.93. The van der Waals surface area contributed by atoms with Crippen molar-refractivity contribution in [2.75, 3.05) is 13.2 Å². The molecule has 1 fully saturated rings. The number of nitrogens with one attached hydrogen (secondary N) is 1. The molecule has 1 N–H and O–H groups in total. The van der Waals surface area contributed by atoms with Gasteiger partial charge in [-0.3, -0.25) is 0 Å². The number of morpholine rings is 1. The second kappa shape index (κ2) is 11.8. The molecule has 5 rings (SSSR count).